The average Bonchev–Trinajstić information content (AvgIpc) is 2.88. The number of aromatic nitrogens is 2. The fourth-order valence-corrected chi connectivity index (χ4v) is 2.57. The number of hydrogen-bond acceptors (Lipinski definition) is 3. The molecular formula is C15H19N3O. The smallest absolute Gasteiger partial charge is 0.0769 e. The van der Waals surface area contributed by atoms with Crippen LogP contribution in [0.2, 0.25) is 0 Å². The van der Waals surface area contributed by atoms with Crippen molar-refractivity contribution in [3.63, 3.8) is 0 Å². The van der Waals surface area contributed by atoms with E-state index in [1.54, 1.807) is 0 Å². The third-order valence-electron chi connectivity index (χ3n) is 3.53. The number of nitrogens with zero attached hydrogens (tertiary/aromatic N) is 3. The fourth-order valence-electron chi connectivity index (χ4n) is 2.57. The molecule has 0 aliphatic carbocycles. The van der Waals surface area contributed by atoms with E-state index in [1.165, 1.54) is 0 Å². The second-order valence-electron chi connectivity index (χ2n) is 5.12. The number of rotatable bonds is 3. The number of aliphatic hydroxyl groups excluding tert-OH is 1. The Labute approximate surface area is 113 Å². The maximum absolute atomic E-state index is 9.67. The van der Waals surface area contributed by atoms with E-state index in [2.05, 4.69) is 10.00 Å². The van der Waals surface area contributed by atoms with Crippen LogP contribution in [0, 0.1) is 0 Å². The van der Waals surface area contributed by atoms with E-state index in [4.69, 9.17) is 0 Å². The summed E-state index contributed by atoms with van der Waals surface area (Å²) >= 11 is 0. The molecule has 4 nitrogen and oxygen atoms in total. The van der Waals surface area contributed by atoms with Gasteiger partial charge < -0.3 is 5.11 Å². The molecule has 1 N–H and O–H groups in total. The van der Waals surface area contributed by atoms with E-state index in [9.17, 15) is 5.11 Å². The van der Waals surface area contributed by atoms with E-state index in [0.717, 1.165) is 43.9 Å². The van der Waals surface area contributed by atoms with Gasteiger partial charge in [-0.3, -0.25) is 4.90 Å². The van der Waals surface area contributed by atoms with Crippen LogP contribution in [0.15, 0.2) is 42.6 Å². The van der Waals surface area contributed by atoms with Crippen LogP contribution in [0.25, 0.3) is 5.69 Å². The Hall–Kier alpha value is -1.65. The zero-order chi connectivity index (χ0) is 13.1. The molecule has 3 rings (SSSR count). The summed E-state index contributed by atoms with van der Waals surface area (Å²) in [5.74, 6) is 0. The molecule has 1 aliphatic rings. The van der Waals surface area contributed by atoms with E-state index >= 15 is 0 Å². The lowest BCUT2D eigenvalue weighted by molar-refractivity contribution is 0.0661. The summed E-state index contributed by atoms with van der Waals surface area (Å²) in [7, 11) is 0. The molecule has 0 bridgehead atoms. The van der Waals surface area contributed by atoms with Crippen molar-refractivity contribution in [2.45, 2.75) is 25.5 Å². The third kappa shape index (κ3) is 3.03. The molecular weight excluding hydrogens is 238 g/mol. The zero-order valence-corrected chi connectivity index (χ0v) is 10.9. The Balaban J connectivity index is 1.68. The van der Waals surface area contributed by atoms with Gasteiger partial charge in [-0.15, -0.1) is 0 Å². The largest absolute Gasteiger partial charge is 0.392 e. The monoisotopic (exact) mass is 257 g/mol. The molecule has 1 unspecified atom stereocenters. The molecule has 0 amide bonds. The van der Waals surface area contributed by atoms with E-state index in [-0.39, 0.29) is 6.10 Å². The number of benzene rings is 1. The Kier molecular flexibility index (Phi) is 3.62. The van der Waals surface area contributed by atoms with Gasteiger partial charge in [0.25, 0.3) is 0 Å². The van der Waals surface area contributed by atoms with Gasteiger partial charge in [-0.1, -0.05) is 18.2 Å². The van der Waals surface area contributed by atoms with Gasteiger partial charge >= 0.3 is 0 Å². The summed E-state index contributed by atoms with van der Waals surface area (Å²) in [5.41, 5.74) is 2.13. The van der Waals surface area contributed by atoms with Crippen molar-refractivity contribution < 1.29 is 5.11 Å². The first-order valence-electron chi connectivity index (χ1n) is 6.82. The number of likely N-dealkylation sites (tertiary alicyclic amines) is 1. The van der Waals surface area contributed by atoms with Crippen LogP contribution in [0.5, 0.6) is 0 Å². The third-order valence-corrected chi connectivity index (χ3v) is 3.53. The number of para-hydroxylation sites is 1. The summed E-state index contributed by atoms with van der Waals surface area (Å²) in [4.78, 5) is 2.27. The summed E-state index contributed by atoms with van der Waals surface area (Å²) in [6.45, 7) is 2.63. The van der Waals surface area contributed by atoms with Crippen molar-refractivity contribution in [1.82, 2.24) is 14.7 Å². The fraction of sp³-hybridized carbons (Fsp3) is 0.400. The Bertz CT molecular complexity index is 523. The van der Waals surface area contributed by atoms with Crippen LogP contribution in [-0.2, 0) is 6.54 Å². The van der Waals surface area contributed by atoms with Crippen molar-refractivity contribution in [1.29, 1.82) is 0 Å². The van der Waals surface area contributed by atoms with E-state index < -0.39 is 0 Å². The highest BCUT2D eigenvalue weighted by Gasteiger charge is 2.18. The van der Waals surface area contributed by atoms with Crippen LogP contribution >= 0.6 is 0 Å². The van der Waals surface area contributed by atoms with Crippen LogP contribution in [0.3, 0.4) is 0 Å². The van der Waals surface area contributed by atoms with Crippen LogP contribution < -0.4 is 0 Å². The second kappa shape index (κ2) is 5.55. The van der Waals surface area contributed by atoms with Gasteiger partial charge in [0.2, 0.25) is 0 Å². The van der Waals surface area contributed by atoms with Crippen LogP contribution in [-0.4, -0.2) is 39.0 Å². The number of β-amino-alcohol motifs (C(OH)–C–C–N with tert-alkyl or cyclic N) is 1. The molecule has 100 valence electrons. The maximum atomic E-state index is 9.67. The number of piperidine rings is 1. The minimum absolute atomic E-state index is 0.176. The van der Waals surface area contributed by atoms with Gasteiger partial charge in [0, 0.05) is 19.3 Å². The summed E-state index contributed by atoms with van der Waals surface area (Å²) in [6.07, 6.45) is 3.81. The van der Waals surface area contributed by atoms with Crippen molar-refractivity contribution >= 4 is 0 Å². The minimum Gasteiger partial charge on any atom is -0.392 e. The Morgan fingerprint density at radius 3 is 2.84 bits per heavy atom. The summed E-state index contributed by atoms with van der Waals surface area (Å²) in [6, 6.07) is 12.2. The molecule has 4 heteroatoms. The van der Waals surface area contributed by atoms with Crippen molar-refractivity contribution in [3.05, 3.63) is 48.3 Å². The molecule has 1 aromatic heterocycles. The zero-order valence-electron chi connectivity index (χ0n) is 10.9. The Morgan fingerprint density at radius 2 is 2.05 bits per heavy atom. The molecule has 0 spiro atoms. The van der Waals surface area contributed by atoms with Gasteiger partial charge in [0.1, 0.15) is 0 Å². The summed E-state index contributed by atoms with van der Waals surface area (Å²) in [5, 5.41) is 14.3. The van der Waals surface area contributed by atoms with E-state index in [1.807, 2.05) is 47.3 Å². The van der Waals surface area contributed by atoms with Gasteiger partial charge in [0.05, 0.1) is 17.5 Å². The lowest BCUT2D eigenvalue weighted by Crippen LogP contribution is -2.37. The first-order chi connectivity index (χ1) is 9.31. The molecule has 19 heavy (non-hydrogen) atoms. The predicted octanol–water partition coefficient (Wildman–Crippen LogP) is 1.83. The molecule has 1 aliphatic heterocycles. The molecule has 1 atom stereocenters. The minimum atomic E-state index is -0.176. The topological polar surface area (TPSA) is 41.3 Å². The van der Waals surface area contributed by atoms with Gasteiger partial charge in [-0.05, 0) is 37.6 Å². The van der Waals surface area contributed by atoms with E-state index in [0.29, 0.717) is 0 Å². The van der Waals surface area contributed by atoms with Gasteiger partial charge in [-0.2, -0.15) is 5.10 Å². The standard InChI is InChI=1S/C15H19N3O/c19-15-7-4-9-17(12-15)11-13-8-10-18(16-13)14-5-2-1-3-6-14/h1-3,5-6,8,10,15,19H,4,7,9,11-12H2. The maximum Gasteiger partial charge on any atom is 0.0769 e. The highest BCUT2D eigenvalue weighted by atomic mass is 16.3. The first kappa shape index (κ1) is 12.4. The van der Waals surface area contributed by atoms with Crippen LogP contribution in [0.1, 0.15) is 18.5 Å². The number of aliphatic hydroxyl groups is 1. The lowest BCUT2D eigenvalue weighted by atomic mass is 10.1. The van der Waals surface area contributed by atoms with Crippen molar-refractivity contribution in [2.24, 2.45) is 0 Å². The highest BCUT2D eigenvalue weighted by molar-refractivity contribution is 5.30. The molecule has 1 fully saturated rings. The lowest BCUT2D eigenvalue weighted by Gasteiger charge is -2.29. The van der Waals surface area contributed by atoms with Gasteiger partial charge in [0.15, 0.2) is 0 Å². The molecule has 2 aromatic rings. The first-order valence-corrected chi connectivity index (χ1v) is 6.82. The second-order valence-corrected chi connectivity index (χ2v) is 5.12. The predicted molar refractivity (Wildman–Crippen MR) is 74.1 cm³/mol. The normalized spacial score (nSPS) is 20.6. The van der Waals surface area contributed by atoms with Crippen LogP contribution in [0.4, 0.5) is 0 Å². The highest BCUT2D eigenvalue weighted by Crippen LogP contribution is 2.13. The van der Waals surface area contributed by atoms with Gasteiger partial charge in [-0.25, -0.2) is 4.68 Å². The molecule has 0 saturated carbocycles. The summed E-state index contributed by atoms with van der Waals surface area (Å²) < 4.78 is 1.90. The quantitative estimate of drug-likeness (QED) is 0.912. The molecule has 1 saturated heterocycles. The van der Waals surface area contributed by atoms with Crippen molar-refractivity contribution in [3.8, 4) is 5.69 Å². The SMILES string of the molecule is OC1CCCN(Cc2ccn(-c3ccccc3)n2)C1. The number of hydrogen-bond donors (Lipinski definition) is 1. The molecule has 0 radical (unpaired) electrons. The Morgan fingerprint density at radius 1 is 1.21 bits per heavy atom. The molecule has 1 aromatic carbocycles. The average molecular weight is 257 g/mol. The van der Waals surface area contributed by atoms with Crippen molar-refractivity contribution in [2.75, 3.05) is 13.1 Å². The molecule has 2 heterocycles.